The van der Waals surface area contributed by atoms with Gasteiger partial charge in [-0.3, -0.25) is 28.8 Å². The van der Waals surface area contributed by atoms with Crippen LogP contribution >= 0.6 is 0 Å². The van der Waals surface area contributed by atoms with Crippen molar-refractivity contribution in [2.75, 3.05) is 0 Å². The van der Waals surface area contributed by atoms with Crippen LogP contribution in [0.4, 0.5) is 0 Å². The largest absolute Gasteiger partial charge is 1.20 e. The minimum absolute atomic E-state index is 0.0740. The van der Waals surface area contributed by atoms with Crippen LogP contribution in [0.3, 0.4) is 0 Å². The van der Waals surface area contributed by atoms with Crippen LogP contribution in [0.2, 0.25) is 0 Å². The predicted octanol–water partition coefficient (Wildman–Crippen LogP) is -0.247. The van der Waals surface area contributed by atoms with E-state index in [9.17, 15) is 28.8 Å². The lowest BCUT2D eigenvalue weighted by atomic mass is 9.69. The molecular weight excluding hydrogens is 462 g/mol. The topological polar surface area (TPSA) is 158 Å². The average Bonchev–Trinajstić information content (AvgIpc) is 2.57. The summed E-state index contributed by atoms with van der Waals surface area (Å²) in [5.74, 6) is -5.18. The van der Waals surface area contributed by atoms with Gasteiger partial charge in [0.2, 0.25) is 0 Å². The highest BCUT2D eigenvalue weighted by atomic mass is 27.3. The fraction of sp³-hybridized carbons (Fsp3) is 0.667. The Balaban J connectivity index is 1.22. The second kappa shape index (κ2) is 7.46. The molecule has 0 aromatic heterocycles. The van der Waals surface area contributed by atoms with E-state index < -0.39 is 82.4 Å². The summed E-state index contributed by atoms with van der Waals surface area (Å²) in [5.41, 5.74) is -4.34. The van der Waals surface area contributed by atoms with Crippen LogP contribution in [0.25, 0.3) is 0 Å². The van der Waals surface area contributed by atoms with Crippen molar-refractivity contribution in [3.63, 3.8) is 0 Å². The van der Waals surface area contributed by atoms with Crippen molar-refractivity contribution in [2.24, 2.45) is 16.2 Å². The third kappa shape index (κ3) is 3.01. The molecule has 0 atom stereocenters. The Labute approximate surface area is 191 Å². The van der Waals surface area contributed by atoms with Crippen molar-refractivity contribution in [3.05, 3.63) is 0 Å². The maximum atomic E-state index is 12.8. The zero-order valence-electron chi connectivity index (χ0n) is 16.9. The highest BCUT2D eigenvalue weighted by Crippen LogP contribution is 2.48. The zero-order valence-corrected chi connectivity index (χ0v) is 19.2. The number of hydrogen-bond donors (Lipinski definition) is 0. The van der Waals surface area contributed by atoms with Gasteiger partial charge in [0.05, 0.1) is 0 Å². The van der Waals surface area contributed by atoms with Gasteiger partial charge in [-0.1, -0.05) is 0 Å². The maximum Gasteiger partial charge on any atom is 1.20 e. The van der Waals surface area contributed by atoms with Crippen molar-refractivity contribution >= 4 is 66.1 Å². The van der Waals surface area contributed by atoms with Crippen LogP contribution in [0.1, 0.15) is 57.8 Å². The van der Waals surface area contributed by atoms with E-state index in [0.29, 0.717) is 44.9 Å². The lowest BCUT2D eigenvalue weighted by Crippen LogP contribution is -2.59. The Kier molecular flexibility index (Phi) is 5.06. The van der Waals surface area contributed by atoms with Crippen molar-refractivity contribution in [1.29, 1.82) is 0 Å². The molecule has 2 aliphatic heterocycles. The molecule has 0 N–H and O–H groups in total. The molecule has 14 heteroatoms. The molecule has 2 saturated heterocycles. The number of carbonyl (C=O) groups excluding carboxylic acids is 6. The first-order valence-corrected chi connectivity index (χ1v) is 13.3. The number of hydrogen-bond acceptors (Lipinski definition) is 12. The van der Waals surface area contributed by atoms with Gasteiger partial charge in [0.25, 0.3) is 35.8 Å². The third-order valence-corrected chi connectivity index (χ3v) is 9.62. The van der Waals surface area contributed by atoms with Gasteiger partial charge in [0.1, 0.15) is 0 Å². The van der Waals surface area contributed by atoms with E-state index in [1.54, 1.807) is 0 Å². The van der Waals surface area contributed by atoms with Crippen LogP contribution in [0.15, 0.2) is 0 Å². The van der Waals surface area contributed by atoms with Crippen LogP contribution in [-0.4, -0.2) is 66.1 Å². The van der Waals surface area contributed by atoms with Gasteiger partial charge in [-0.15, -0.1) is 0 Å². The van der Waals surface area contributed by atoms with E-state index >= 15 is 0 Å². The molecule has 3 saturated carbocycles. The minimum Gasteiger partial charge on any atom is -0.550 e. The highest BCUT2D eigenvalue weighted by Gasteiger charge is 2.69. The second-order valence-electron chi connectivity index (χ2n) is 8.82. The Morgan fingerprint density at radius 1 is 0.594 bits per heavy atom. The lowest BCUT2D eigenvalue weighted by molar-refractivity contribution is -0.184. The minimum atomic E-state index is -3.48. The van der Waals surface area contributed by atoms with Gasteiger partial charge in [-0.05, 0) is 57.8 Å². The third-order valence-electron chi connectivity index (χ3n) is 7.19. The normalized spacial score (nSPS) is 26.5. The van der Waals surface area contributed by atoms with Crippen LogP contribution in [-0.2, 0) is 51.5 Å². The average molecular weight is 480 g/mol. The molecule has 0 unspecified atom stereocenters. The molecule has 3 aliphatic carbocycles. The molecule has 2 spiro atoms. The van der Waals surface area contributed by atoms with Gasteiger partial charge < -0.3 is 22.7 Å². The van der Waals surface area contributed by atoms with Crippen molar-refractivity contribution in [2.45, 2.75) is 57.8 Å². The molecule has 0 aromatic carbocycles. The monoisotopic (exact) mass is 480 g/mol. The maximum absolute atomic E-state index is 12.8. The summed E-state index contributed by atoms with van der Waals surface area (Å²) in [6.07, 6.45) is 3.31. The summed E-state index contributed by atoms with van der Waals surface area (Å²) in [6, 6.07) is 0. The number of rotatable bonds is 4. The standard InChI is InChI=1S/3C6H8O4.2Al/c3*7-4(8)6(5(9)10)2-1-3-6;;/h3*1-3H2,(H,7,8)(H,9,10);;/q;;;2*+3/p-6. The molecule has 5 fully saturated rings. The fourth-order valence-corrected chi connectivity index (χ4v) is 7.10. The SMILES string of the molecule is O=C([O][Al]1[O]C(=O)C2(CCC2)C(=O)[O]1)C1(C(=O)[O][Al]2[O]C(=O)C3(CCC3)C(=O)[O]2)CCC1. The van der Waals surface area contributed by atoms with E-state index in [1.807, 2.05) is 0 Å². The molecule has 168 valence electrons. The Morgan fingerprint density at radius 3 is 1.12 bits per heavy atom. The molecule has 2 heterocycles. The Bertz CT molecular complexity index is 822. The molecule has 12 nitrogen and oxygen atoms in total. The summed E-state index contributed by atoms with van der Waals surface area (Å²) in [5, 5.41) is 0. The van der Waals surface area contributed by atoms with E-state index in [0.717, 1.165) is 0 Å². The lowest BCUT2D eigenvalue weighted by Gasteiger charge is -2.43. The smallest absolute Gasteiger partial charge is 0.550 e. The molecule has 0 amide bonds. The van der Waals surface area contributed by atoms with Crippen molar-refractivity contribution < 1.29 is 51.5 Å². The molecule has 32 heavy (non-hydrogen) atoms. The summed E-state index contributed by atoms with van der Waals surface area (Å²) in [6.45, 7) is 0. The van der Waals surface area contributed by atoms with Crippen LogP contribution < -0.4 is 0 Å². The molecule has 0 radical (unpaired) electrons. The van der Waals surface area contributed by atoms with Crippen molar-refractivity contribution in [1.82, 2.24) is 0 Å². The molecular formula is C18H18Al2O12. The fourth-order valence-electron chi connectivity index (χ4n) is 4.41. The molecule has 0 aromatic rings. The zero-order chi connectivity index (χ0) is 22.7. The van der Waals surface area contributed by atoms with E-state index in [2.05, 4.69) is 0 Å². The van der Waals surface area contributed by atoms with Crippen molar-refractivity contribution in [3.8, 4) is 0 Å². The summed E-state index contributed by atoms with van der Waals surface area (Å²) >= 11 is -6.96. The highest BCUT2D eigenvalue weighted by molar-refractivity contribution is 6.49. The van der Waals surface area contributed by atoms with E-state index in [4.69, 9.17) is 22.7 Å². The van der Waals surface area contributed by atoms with Crippen LogP contribution in [0, 0.1) is 16.2 Å². The summed E-state index contributed by atoms with van der Waals surface area (Å²) in [7, 11) is 0. The first-order chi connectivity index (χ1) is 15.2. The summed E-state index contributed by atoms with van der Waals surface area (Å²) in [4.78, 5) is 74.4. The Morgan fingerprint density at radius 2 is 0.906 bits per heavy atom. The summed E-state index contributed by atoms with van der Waals surface area (Å²) < 4.78 is 30.6. The van der Waals surface area contributed by atoms with Gasteiger partial charge >= 0.3 is 30.3 Å². The Hall–Kier alpha value is -2.12. The van der Waals surface area contributed by atoms with E-state index in [-0.39, 0.29) is 12.8 Å². The second-order valence-corrected chi connectivity index (χ2v) is 11.4. The van der Waals surface area contributed by atoms with Gasteiger partial charge in [0.15, 0.2) is 16.2 Å². The van der Waals surface area contributed by atoms with Gasteiger partial charge in [-0.25, -0.2) is 0 Å². The van der Waals surface area contributed by atoms with Gasteiger partial charge in [0, 0.05) is 0 Å². The first kappa shape index (κ1) is 21.7. The van der Waals surface area contributed by atoms with E-state index in [1.165, 1.54) is 0 Å². The van der Waals surface area contributed by atoms with Crippen LogP contribution in [0.5, 0.6) is 0 Å². The predicted molar refractivity (Wildman–Crippen MR) is 96.9 cm³/mol. The molecule has 0 bridgehead atoms. The molecule has 5 aliphatic rings. The first-order valence-electron chi connectivity index (χ1n) is 10.5. The van der Waals surface area contributed by atoms with Gasteiger partial charge in [-0.2, -0.15) is 0 Å². The number of carbonyl (C=O) groups is 6. The molecule has 5 rings (SSSR count). The quantitative estimate of drug-likeness (QED) is 0.384.